The highest BCUT2D eigenvalue weighted by molar-refractivity contribution is 7.53. The maximum Gasteiger partial charge on any atom is 0.332 e. The number of methoxy groups -OCH3 is 1. The number of carbonyl (C=O) groups excluding carboxylic acids is 2. The zero-order valence-corrected chi connectivity index (χ0v) is 23.6. The zero-order chi connectivity index (χ0) is 29.7. The number of halogens is 2. The van der Waals surface area contributed by atoms with E-state index in [1.807, 2.05) is 0 Å². The molecule has 0 spiro atoms. The molecule has 220 valence electrons. The second-order valence-corrected chi connectivity index (χ2v) is 11.5. The summed E-state index contributed by atoms with van der Waals surface area (Å²) in [7, 11) is -1.98. The topological polar surface area (TPSA) is 142 Å². The minimum absolute atomic E-state index is 0.0127. The van der Waals surface area contributed by atoms with E-state index in [1.165, 1.54) is 11.7 Å². The lowest BCUT2D eigenvalue weighted by atomic mass is 9.76. The second-order valence-electron chi connectivity index (χ2n) is 9.33. The molecule has 2 N–H and O–H groups in total. The second kappa shape index (κ2) is 13.1. The normalized spacial score (nSPS) is 18.9. The molecule has 0 saturated carbocycles. The molecular weight excluding hydrogens is 553 g/mol. The summed E-state index contributed by atoms with van der Waals surface area (Å²) in [5.41, 5.74) is -3.25. The summed E-state index contributed by atoms with van der Waals surface area (Å²) >= 11 is 0. The lowest BCUT2D eigenvalue weighted by molar-refractivity contribution is -0.0516. The van der Waals surface area contributed by atoms with Crippen LogP contribution in [-0.2, 0) is 36.2 Å². The van der Waals surface area contributed by atoms with E-state index >= 15 is 0 Å². The molecule has 0 radical (unpaired) electrons. The van der Waals surface area contributed by atoms with Gasteiger partial charge in [0, 0.05) is 31.5 Å². The average molecular weight is 587 g/mol. The smallest absolute Gasteiger partial charge is 0.332 e. The van der Waals surface area contributed by atoms with E-state index in [9.17, 15) is 32.8 Å². The first-order valence-corrected chi connectivity index (χ1v) is 14.4. The van der Waals surface area contributed by atoms with Gasteiger partial charge in [0.15, 0.2) is 11.5 Å². The molecule has 2 heterocycles. The number of nitrogens with one attached hydrogen (secondary N) is 1. The third-order valence-corrected chi connectivity index (χ3v) is 8.64. The predicted octanol–water partition coefficient (Wildman–Crippen LogP) is 3.26. The molecule has 2 unspecified atom stereocenters. The van der Waals surface area contributed by atoms with Crippen molar-refractivity contribution >= 4 is 19.3 Å². The minimum atomic E-state index is -3.36. The largest absolute Gasteiger partial charge is 0.503 e. The van der Waals surface area contributed by atoms with Crippen molar-refractivity contribution in [2.24, 2.45) is 5.41 Å². The molecule has 2 atom stereocenters. The van der Waals surface area contributed by atoms with Crippen LogP contribution in [0.5, 0.6) is 5.75 Å². The molecule has 1 aromatic heterocycles. The van der Waals surface area contributed by atoms with Crippen molar-refractivity contribution in [3.05, 3.63) is 63.1 Å². The van der Waals surface area contributed by atoms with Gasteiger partial charge in [0.1, 0.15) is 22.9 Å². The zero-order valence-electron chi connectivity index (χ0n) is 22.7. The number of hydrogen-bond acceptors (Lipinski definition) is 9. The number of ether oxygens (including phenoxy) is 2. The highest BCUT2D eigenvalue weighted by Crippen LogP contribution is 2.47. The number of aromatic nitrogens is 1. The number of carbonyl (C=O) groups is 2. The van der Waals surface area contributed by atoms with Crippen LogP contribution < -0.4 is 10.7 Å². The van der Waals surface area contributed by atoms with Crippen LogP contribution in [-0.4, -0.2) is 67.2 Å². The van der Waals surface area contributed by atoms with Gasteiger partial charge in [-0.25, -0.2) is 8.78 Å². The summed E-state index contributed by atoms with van der Waals surface area (Å²) in [6.45, 7) is 4.69. The van der Waals surface area contributed by atoms with Gasteiger partial charge in [-0.1, -0.05) is 6.07 Å². The average Bonchev–Trinajstić information content (AvgIpc) is 2.90. The van der Waals surface area contributed by atoms with Crippen molar-refractivity contribution in [2.75, 3.05) is 39.7 Å². The Morgan fingerprint density at radius 3 is 2.50 bits per heavy atom. The van der Waals surface area contributed by atoms with E-state index < -0.39 is 59.2 Å². The van der Waals surface area contributed by atoms with Gasteiger partial charge in [-0.3, -0.25) is 18.9 Å². The number of aromatic hydroxyl groups is 1. The number of ketones is 1. The van der Waals surface area contributed by atoms with Crippen LogP contribution in [0.3, 0.4) is 0 Å². The fourth-order valence-corrected chi connectivity index (χ4v) is 5.91. The Morgan fingerprint density at radius 1 is 1.23 bits per heavy atom. The Bertz CT molecular complexity index is 1360. The monoisotopic (exact) mass is 586 g/mol. The molecule has 1 amide bonds. The molecule has 14 heteroatoms. The van der Waals surface area contributed by atoms with E-state index in [-0.39, 0.29) is 56.9 Å². The van der Waals surface area contributed by atoms with Crippen LogP contribution in [0.25, 0.3) is 0 Å². The number of rotatable bonds is 13. The van der Waals surface area contributed by atoms with Gasteiger partial charge in [0.05, 0.1) is 50.7 Å². The fourth-order valence-electron chi connectivity index (χ4n) is 4.44. The lowest BCUT2D eigenvalue weighted by Gasteiger charge is -2.40. The number of Topliss-reactive ketones (excluding diaryl/α,β-unsaturated/α-hetero) is 1. The van der Waals surface area contributed by atoms with Crippen LogP contribution in [0.1, 0.15) is 47.2 Å². The number of amides is 1. The van der Waals surface area contributed by atoms with E-state index in [1.54, 1.807) is 20.8 Å². The number of benzene rings is 1. The van der Waals surface area contributed by atoms with E-state index in [4.69, 9.17) is 18.5 Å². The molecular formula is C26H33F2N2O9P. The summed E-state index contributed by atoms with van der Waals surface area (Å²) in [5.74, 6) is -4.16. The molecule has 3 rings (SSSR count). The molecule has 11 nitrogen and oxygen atoms in total. The van der Waals surface area contributed by atoms with Crippen molar-refractivity contribution < 1.29 is 46.6 Å². The Morgan fingerprint density at radius 2 is 1.90 bits per heavy atom. The molecule has 1 aliphatic rings. The van der Waals surface area contributed by atoms with Crippen molar-refractivity contribution in [3.8, 4) is 5.75 Å². The van der Waals surface area contributed by atoms with E-state index in [0.717, 1.165) is 18.3 Å². The first kappa shape index (κ1) is 31.6. The molecule has 0 bridgehead atoms. The number of fused-ring (bicyclic) bond motifs is 1. The molecule has 40 heavy (non-hydrogen) atoms. The summed E-state index contributed by atoms with van der Waals surface area (Å²) in [6, 6.07) is 2.84. The van der Waals surface area contributed by atoms with Gasteiger partial charge < -0.3 is 33.5 Å². The first-order valence-electron chi connectivity index (χ1n) is 12.6. The highest BCUT2D eigenvalue weighted by Gasteiger charge is 2.49. The van der Waals surface area contributed by atoms with Crippen LogP contribution in [0.2, 0.25) is 0 Å². The van der Waals surface area contributed by atoms with E-state index in [2.05, 4.69) is 5.32 Å². The minimum Gasteiger partial charge on any atom is -0.503 e. The lowest BCUT2D eigenvalue weighted by Crippen LogP contribution is -2.52. The summed E-state index contributed by atoms with van der Waals surface area (Å²) in [4.78, 5) is 39.2. The Labute approximate surface area is 229 Å². The Kier molecular flexibility index (Phi) is 10.4. The number of nitrogens with zero attached hydrogens (tertiary/aromatic N) is 1. The van der Waals surface area contributed by atoms with Crippen molar-refractivity contribution in [1.29, 1.82) is 0 Å². The Balaban J connectivity index is 1.80. The van der Waals surface area contributed by atoms with Gasteiger partial charge in [-0.05, 0) is 26.8 Å². The molecule has 1 aliphatic heterocycles. The fraction of sp³-hybridized carbons (Fsp3) is 0.500. The molecule has 0 aliphatic carbocycles. The van der Waals surface area contributed by atoms with Crippen LogP contribution in [0.15, 0.2) is 29.2 Å². The van der Waals surface area contributed by atoms with Crippen molar-refractivity contribution in [3.63, 3.8) is 0 Å². The molecule has 2 aromatic rings. The van der Waals surface area contributed by atoms with Crippen LogP contribution in [0.4, 0.5) is 8.78 Å². The van der Waals surface area contributed by atoms with Crippen LogP contribution in [0, 0.1) is 17.0 Å². The van der Waals surface area contributed by atoms with Crippen LogP contribution >= 0.6 is 7.60 Å². The molecule has 0 fully saturated rings. The molecule has 1 aromatic carbocycles. The third-order valence-electron chi connectivity index (χ3n) is 6.61. The summed E-state index contributed by atoms with van der Waals surface area (Å²) < 4.78 is 62.7. The Hall–Kier alpha value is -2.96. The van der Waals surface area contributed by atoms with Crippen molar-refractivity contribution in [2.45, 2.75) is 40.0 Å². The summed E-state index contributed by atoms with van der Waals surface area (Å²) in [5, 5.41) is 13.1. The standard InChI is InChI=1S/C26H33F2N2O9P/c1-5-38-40(35,39-6-2)10-9-37-15-26(3)20(36-4)14-30-13-18(22(31)23(32)21(30)24(26)33)25(34)29-12-16-7-8-17(27)11-19(16)28/h7-8,11,13,20,32H,5-6,9-10,12,14-15H2,1-4H3,(H,29,34). The highest BCUT2D eigenvalue weighted by atomic mass is 31.2. The van der Waals surface area contributed by atoms with Gasteiger partial charge in [-0.15, -0.1) is 0 Å². The van der Waals surface area contributed by atoms with Gasteiger partial charge in [0.2, 0.25) is 5.43 Å². The molecule has 0 saturated heterocycles. The predicted molar refractivity (Wildman–Crippen MR) is 140 cm³/mol. The summed E-state index contributed by atoms with van der Waals surface area (Å²) in [6.07, 6.45) is 0.292. The quantitative estimate of drug-likeness (QED) is 0.267. The van der Waals surface area contributed by atoms with Crippen molar-refractivity contribution in [1.82, 2.24) is 9.88 Å². The van der Waals surface area contributed by atoms with Gasteiger partial charge in [-0.2, -0.15) is 0 Å². The van der Waals surface area contributed by atoms with Gasteiger partial charge >= 0.3 is 7.60 Å². The first-order chi connectivity index (χ1) is 18.9. The number of pyridine rings is 1. The third kappa shape index (κ3) is 6.67. The number of hydrogen-bond donors (Lipinski definition) is 2. The van der Waals surface area contributed by atoms with Gasteiger partial charge in [0.25, 0.3) is 5.91 Å². The van der Waals surface area contributed by atoms with E-state index in [0.29, 0.717) is 6.07 Å². The maximum absolute atomic E-state index is 13.9. The SMILES string of the molecule is CCOP(=O)(CCOCC1(C)C(=O)c2c(O)c(=O)c(C(=O)NCc3ccc(F)cc3F)cn2CC1OC)OCC. The maximum atomic E-state index is 13.9.